The number of para-hydroxylation sites is 1. The molecule has 1 unspecified atom stereocenters. The number of ether oxygens (including phenoxy) is 1. The van der Waals surface area contributed by atoms with Gasteiger partial charge in [-0.15, -0.1) is 0 Å². The lowest BCUT2D eigenvalue weighted by molar-refractivity contribution is 0.0769. The predicted molar refractivity (Wildman–Crippen MR) is 98.4 cm³/mol. The zero-order chi connectivity index (χ0) is 18.1. The Balaban J connectivity index is 1.47. The summed E-state index contributed by atoms with van der Waals surface area (Å²) in [4.78, 5) is 31.0. The van der Waals surface area contributed by atoms with Crippen LogP contribution in [0.25, 0.3) is 10.9 Å². The first kappa shape index (κ1) is 16.3. The lowest BCUT2D eigenvalue weighted by atomic mass is 10.2. The molecule has 0 radical (unpaired) electrons. The summed E-state index contributed by atoms with van der Waals surface area (Å²) in [6, 6.07) is 15.0. The lowest BCUT2D eigenvalue weighted by Crippen LogP contribution is -2.35. The van der Waals surface area contributed by atoms with Crippen molar-refractivity contribution in [2.24, 2.45) is 7.05 Å². The minimum atomic E-state index is -0.280. The molecule has 0 aliphatic carbocycles. The molecule has 4 rings (SSSR count). The van der Waals surface area contributed by atoms with Gasteiger partial charge in [0.2, 0.25) is 5.88 Å². The Labute approximate surface area is 150 Å². The van der Waals surface area contributed by atoms with Crippen LogP contribution < -0.4 is 10.3 Å². The highest BCUT2D eigenvalue weighted by atomic mass is 16.5. The van der Waals surface area contributed by atoms with Gasteiger partial charge >= 0.3 is 0 Å². The molecule has 2 aromatic heterocycles. The third kappa shape index (κ3) is 3.06. The monoisotopic (exact) mass is 349 g/mol. The molecule has 0 saturated carbocycles. The topological polar surface area (TPSA) is 64.4 Å². The Morgan fingerprint density at radius 1 is 1.15 bits per heavy atom. The fourth-order valence-electron chi connectivity index (χ4n) is 3.22. The summed E-state index contributed by atoms with van der Waals surface area (Å²) >= 11 is 0. The third-order valence-electron chi connectivity index (χ3n) is 4.65. The van der Waals surface area contributed by atoms with Crippen LogP contribution in [0, 0.1) is 0 Å². The van der Waals surface area contributed by atoms with Gasteiger partial charge in [0.15, 0.2) is 0 Å². The van der Waals surface area contributed by atoms with E-state index in [1.54, 1.807) is 30.3 Å². The average molecular weight is 349 g/mol. The average Bonchev–Trinajstić information content (AvgIpc) is 3.12. The number of likely N-dealkylation sites (tertiary alicyclic amines) is 1. The van der Waals surface area contributed by atoms with Crippen molar-refractivity contribution in [1.82, 2.24) is 14.5 Å². The van der Waals surface area contributed by atoms with Crippen LogP contribution in [0.2, 0.25) is 0 Å². The Bertz CT molecular complexity index is 1030. The first-order chi connectivity index (χ1) is 12.6. The van der Waals surface area contributed by atoms with Gasteiger partial charge in [0.05, 0.1) is 12.1 Å². The van der Waals surface area contributed by atoms with Crippen LogP contribution in [0.5, 0.6) is 5.88 Å². The minimum Gasteiger partial charge on any atom is -0.472 e. The van der Waals surface area contributed by atoms with Gasteiger partial charge in [0.1, 0.15) is 11.7 Å². The number of aryl methyl sites for hydroxylation is 1. The van der Waals surface area contributed by atoms with E-state index in [-0.39, 0.29) is 23.1 Å². The first-order valence-corrected chi connectivity index (χ1v) is 8.59. The molecule has 1 saturated heterocycles. The zero-order valence-electron chi connectivity index (χ0n) is 14.5. The molecule has 6 nitrogen and oxygen atoms in total. The van der Waals surface area contributed by atoms with Gasteiger partial charge in [0, 0.05) is 37.7 Å². The van der Waals surface area contributed by atoms with Crippen molar-refractivity contribution in [1.29, 1.82) is 0 Å². The zero-order valence-corrected chi connectivity index (χ0v) is 14.5. The van der Waals surface area contributed by atoms with Crippen LogP contribution in [0.4, 0.5) is 0 Å². The highest BCUT2D eigenvalue weighted by Gasteiger charge is 2.29. The molecule has 1 aliphatic heterocycles. The second-order valence-corrected chi connectivity index (χ2v) is 6.46. The summed E-state index contributed by atoms with van der Waals surface area (Å²) < 4.78 is 7.38. The van der Waals surface area contributed by atoms with Crippen molar-refractivity contribution in [3.8, 4) is 5.88 Å². The van der Waals surface area contributed by atoms with E-state index in [1.807, 2.05) is 36.4 Å². The molecule has 6 heteroatoms. The summed E-state index contributed by atoms with van der Waals surface area (Å²) in [6.07, 6.45) is 2.23. The molecule has 26 heavy (non-hydrogen) atoms. The highest BCUT2D eigenvalue weighted by molar-refractivity contribution is 5.94. The molecular weight excluding hydrogens is 330 g/mol. The third-order valence-corrected chi connectivity index (χ3v) is 4.65. The largest absolute Gasteiger partial charge is 0.472 e. The van der Waals surface area contributed by atoms with E-state index >= 15 is 0 Å². The molecular formula is C20H19N3O3. The van der Waals surface area contributed by atoms with E-state index in [9.17, 15) is 9.59 Å². The van der Waals surface area contributed by atoms with Crippen LogP contribution in [-0.2, 0) is 7.05 Å². The molecule has 1 amide bonds. The maximum absolute atomic E-state index is 12.6. The number of hydrogen-bond donors (Lipinski definition) is 0. The van der Waals surface area contributed by atoms with Gasteiger partial charge in [-0.3, -0.25) is 9.59 Å². The number of nitrogens with zero attached hydrogens (tertiary/aromatic N) is 3. The number of aromatic nitrogens is 2. The van der Waals surface area contributed by atoms with Gasteiger partial charge in [-0.1, -0.05) is 18.2 Å². The summed E-state index contributed by atoms with van der Waals surface area (Å²) in [7, 11) is 1.64. The first-order valence-electron chi connectivity index (χ1n) is 8.59. The summed E-state index contributed by atoms with van der Waals surface area (Å²) in [5.74, 6) is 0.308. The number of benzene rings is 1. The standard InChI is InChI=1S/C20H19N3O3/c1-22-11-4-6-16(19(22)24)20(25)23-12-10-15(13-23)26-18-9-8-14-5-2-3-7-17(14)21-18/h2-9,11,15H,10,12-13H2,1H3. The summed E-state index contributed by atoms with van der Waals surface area (Å²) in [5, 5.41) is 1.06. The summed E-state index contributed by atoms with van der Waals surface area (Å²) in [6.45, 7) is 1.01. The molecule has 0 spiro atoms. The number of hydrogen-bond acceptors (Lipinski definition) is 4. The number of rotatable bonds is 3. The Morgan fingerprint density at radius 2 is 2.00 bits per heavy atom. The Hall–Kier alpha value is -3.15. The van der Waals surface area contributed by atoms with Crippen molar-refractivity contribution in [2.45, 2.75) is 12.5 Å². The lowest BCUT2D eigenvalue weighted by Gasteiger charge is -2.17. The molecule has 3 heterocycles. The maximum atomic E-state index is 12.6. The molecule has 1 aliphatic rings. The van der Waals surface area contributed by atoms with Crippen molar-refractivity contribution in [3.05, 3.63) is 70.6 Å². The highest BCUT2D eigenvalue weighted by Crippen LogP contribution is 2.21. The van der Waals surface area contributed by atoms with Gasteiger partial charge in [0.25, 0.3) is 11.5 Å². The van der Waals surface area contributed by atoms with Crippen LogP contribution >= 0.6 is 0 Å². The molecule has 1 atom stereocenters. The number of amides is 1. The quantitative estimate of drug-likeness (QED) is 0.727. The van der Waals surface area contributed by atoms with Crippen molar-refractivity contribution in [3.63, 3.8) is 0 Å². The van der Waals surface area contributed by atoms with Gasteiger partial charge in [-0.25, -0.2) is 4.98 Å². The second kappa shape index (κ2) is 6.63. The van der Waals surface area contributed by atoms with E-state index < -0.39 is 0 Å². The fourth-order valence-corrected chi connectivity index (χ4v) is 3.22. The van der Waals surface area contributed by atoms with Gasteiger partial charge in [-0.05, 0) is 24.3 Å². The van der Waals surface area contributed by atoms with E-state index in [0.29, 0.717) is 25.4 Å². The Morgan fingerprint density at radius 3 is 2.88 bits per heavy atom. The van der Waals surface area contributed by atoms with Crippen molar-refractivity contribution in [2.75, 3.05) is 13.1 Å². The SMILES string of the molecule is Cn1cccc(C(=O)N2CCC(Oc3ccc4ccccc4n3)C2)c1=O. The van der Waals surface area contributed by atoms with Crippen molar-refractivity contribution >= 4 is 16.8 Å². The van der Waals surface area contributed by atoms with E-state index in [0.717, 1.165) is 10.9 Å². The number of carbonyl (C=O) groups excluding carboxylic acids is 1. The van der Waals surface area contributed by atoms with Gasteiger partial charge < -0.3 is 14.2 Å². The van der Waals surface area contributed by atoms with Crippen LogP contribution in [0.3, 0.4) is 0 Å². The van der Waals surface area contributed by atoms with Crippen LogP contribution in [0.15, 0.2) is 59.5 Å². The molecule has 132 valence electrons. The molecule has 0 N–H and O–H groups in total. The van der Waals surface area contributed by atoms with Gasteiger partial charge in [-0.2, -0.15) is 0 Å². The second-order valence-electron chi connectivity index (χ2n) is 6.46. The molecule has 1 aromatic carbocycles. The number of fused-ring (bicyclic) bond motifs is 1. The summed E-state index contributed by atoms with van der Waals surface area (Å²) in [5.41, 5.74) is 0.793. The normalized spacial score (nSPS) is 16.8. The smallest absolute Gasteiger partial charge is 0.263 e. The fraction of sp³-hybridized carbons (Fsp3) is 0.250. The maximum Gasteiger partial charge on any atom is 0.263 e. The van der Waals surface area contributed by atoms with Crippen LogP contribution in [0.1, 0.15) is 16.8 Å². The molecule has 0 bridgehead atoms. The minimum absolute atomic E-state index is 0.125. The number of pyridine rings is 2. The number of carbonyl (C=O) groups is 1. The van der Waals surface area contributed by atoms with E-state index in [1.165, 1.54) is 4.57 Å². The Kier molecular flexibility index (Phi) is 4.16. The van der Waals surface area contributed by atoms with E-state index in [4.69, 9.17) is 4.74 Å². The predicted octanol–water partition coefficient (Wildman–Crippen LogP) is 2.23. The van der Waals surface area contributed by atoms with Crippen molar-refractivity contribution < 1.29 is 9.53 Å². The van der Waals surface area contributed by atoms with Crippen LogP contribution in [-0.4, -0.2) is 39.6 Å². The molecule has 3 aromatic rings. The van der Waals surface area contributed by atoms with E-state index in [2.05, 4.69) is 4.98 Å². The molecule has 1 fully saturated rings.